The molecule has 0 amide bonds. The number of oxazole rings is 1. The third-order valence-electron chi connectivity index (χ3n) is 6.64. The number of rotatable bonds is 4. The second-order valence-corrected chi connectivity index (χ2v) is 9.26. The van der Waals surface area contributed by atoms with Gasteiger partial charge in [0.1, 0.15) is 12.2 Å². The average Bonchev–Trinajstić information content (AvgIpc) is 3.69. The van der Waals surface area contributed by atoms with Gasteiger partial charge in [0.25, 0.3) is 5.56 Å². The first kappa shape index (κ1) is 21.5. The van der Waals surface area contributed by atoms with E-state index in [0.717, 1.165) is 40.2 Å². The first-order valence-corrected chi connectivity index (χ1v) is 11.9. The largest absolute Gasteiger partial charge is 0.417 e. The van der Waals surface area contributed by atoms with E-state index >= 15 is 0 Å². The molecule has 1 unspecified atom stereocenters. The standard InChI is InChI=1S/C25H17ClN8O3/c26-15-2-5-20(33-12-28-31-32-33)17(10-15)14-7-16-3-6-21(34(16)23(35)9-14)24-27-11-19(29-24)13-1-4-18-22(8-13)37-25(36)30-18/h1-2,4-5,7-12,21H,3,6H2,(H,27,29)(H,30,36). The topological polar surface area (TPSA) is 140 Å². The monoisotopic (exact) mass is 512 g/mol. The molecule has 11 nitrogen and oxygen atoms in total. The van der Waals surface area contributed by atoms with Gasteiger partial charge in [-0.1, -0.05) is 17.7 Å². The molecule has 0 aliphatic carbocycles. The minimum absolute atomic E-state index is 0.133. The summed E-state index contributed by atoms with van der Waals surface area (Å²) in [6.45, 7) is 0. The SMILES string of the molecule is O=c1[nH]c2ccc(-c3cnc(C4CCc5cc(-c6cc(Cl)ccc6-n6cnnn6)cc(=O)n54)[nH]3)cc2o1. The molecule has 5 heterocycles. The van der Waals surface area contributed by atoms with Crippen LogP contribution >= 0.6 is 11.6 Å². The van der Waals surface area contributed by atoms with Gasteiger partial charge in [-0.3, -0.25) is 9.78 Å². The van der Waals surface area contributed by atoms with Crippen LogP contribution in [-0.2, 0) is 6.42 Å². The normalized spacial score (nSPS) is 14.9. The summed E-state index contributed by atoms with van der Waals surface area (Å²) in [7, 11) is 0. The van der Waals surface area contributed by atoms with Crippen molar-refractivity contribution < 1.29 is 4.42 Å². The molecule has 6 aromatic rings. The van der Waals surface area contributed by atoms with Gasteiger partial charge in [0.2, 0.25) is 0 Å². The van der Waals surface area contributed by atoms with Gasteiger partial charge in [0.15, 0.2) is 5.58 Å². The summed E-state index contributed by atoms with van der Waals surface area (Å²) in [5.74, 6) is 0.193. The molecule has 0 saturated heterocycles. The average molecular weight is 513 g/mol. The van der Waals surface area contributed by atoms with Crippen molar-refractivity contribution in [3.05, 3.63) is 98.5 Å². The number of fused-ring (bicyclic) bond motifs is 2. The van der Waals surface area contributed by atoms with Gasteiger partial charge in [-0.15, -0.1) is 5.10 Å². The molecular weight excluding hydrogens is 496 g/mol. The molecule has 1 aliphatic heterocycles. The van der Waals surface area contributed by atoms with Crippen molar-refractivity contribution in [3.63, 3.8) is 0 Å². The summed E-state index contributed by atoms with van der Waals surface area (Å²) >= 11 is 6.29. The third kappa shape index (κ3) is 3.59. The van der Waals surface area contributed by atoms with Crippen molar-refractivity contribution in [2.45, 2.75) is 18.9 Å². The zero-order valence-electron chi connectivity index (χ0n) is 19.1. The quantitative estimate of drug-likeness (QED) is 0.368. The van der Waals surface area contributed by atoms with E-state index in [1.165, 1.54) is 6.33 Å². The minimum Gasteiger partial charge on any atom is -0.408 e. The Morgan fingerprint density at radius 2 is 1.95 bits per heavy atom. The van der Waals surface area contributed by atoms with Crippen LogP contribution in [0.15, 0.2) is 75.1 Å². The smallest absolute Gasteiger partial charge is 0.408 e. The maximum atomic E-state index is 13.4. The summed E-state index contributed by atoms with van der Waals surface area (Å²) < 4.78 is 8.50. The van der Waals surface area contributed by atoms with Gasteiger partial charge in [-0.05, 0) is 65.2 Å². The van der Waals surface area contributed by atoms with Gasteiger partial charge in [-0.2, -0.15) is 4.68 Å². The first-order valence-electron chi connectivity index (χ1n) is 11.5. The molecule has 37 heavy (non-hydrogen) atoms. The Hall–Kier alpha value is -4.77. The van der Waals surface area contributed by atoms with Crippen LogP contribution < -0.4 is 11.3 Å². The van der Waals surface area contributed by atoms with E-state index in [-0.39, 0.29) is 11.6 Å². The fourth-order valence-electron chi connectivity index (χ4n) is 4.99. The zero-order valence-corrected chi connectivity index (χ0v) is 19.8. The summed E-state index contributed by atoms with van der Waals surface area (Å²) in [5.41, 5.74) is 5.69. The summed E-state index contributed by atoms with van der Waals surface area (Å²) in [6, 6.07) is 14.2. The molecule has 2 N–H and O–H groups in total. The van der Waals surface area contributed by atoms with E-state index in [1.54, 1.807) is 45.8 Å². The number of aryl methyl sites for hydroxylation is 1. The highest BCUT2D eigenvalue weighted by Gasteiger charge is 2.28. The Morgan fingerprint density at radius 3 is 2.81 bits per heavy atom. The van der Waals surface area contributed by atoms with Crippen molar-refractivity contribution in [1.82, 2.24) is 39.7 Å². The number of nitrogens with zero attached hydrogens (tertiary/aromatic N) is 6. The number of hydrogen-bond acceptors (Lipinski definition) is 7. The van der Waals surface area contributed by atoms with Crippen LogP contribution in [0.5, 0.6) is 0 Å². The molecule has 182 valence electrons. The van der Waals surface area contributed by atoms with Gasteiger partial charge < -0.3 is 14.0 Å². The van der Waals surface area contributed by atoms with Crippen molar-refractivity contribution >= 4 is 22.7 Å². The number of nitrogens with one attached hydrogen (secondary N) is 2. The van der Waals surface area contributed by atoms with Crippen molar-refractivity contribution in [3.8, 4) is 28.1 Å². The van der Waals surface area contributed by atoms with Crippen LogP contribution in [0.25, 0.3) is 39.2 Å². The molecular formula is C25H17ClN8O3. The van der Waals surface area contributed by atoms with Gasteiger partial charge in [0, 0.05) is 27.9 Å². The van der Waals surface area contributed by atoms with Crippen molar-refractivity contribution in [2.75, 3.05) is 0 Å². The number of tetrazole rings is 1. The number of H-pyrrole nitrogens is 2. The van der Waals surface area contributed by atoms with Gasteiger partial charge in [0.05, 0.1) is 29.1 Å². The number of benzene rings is 2. The fourth-order valence-corrected chi connectivity index (χ4v) is 5.16. The highest BCUT2D eigenvalue weighted by Crippen LogP contribution is 2.34. The highest BCUT2D eigenvalue weighted by atomic mass is 35.5. The van der Waals surface area contributed by atoms with Crippen molar-refractivity contribution in [1.29, 1.82) is 0 Å². The van der Waals surface area contributed by atoms with E-state index in [1.807, 2.05) is 18.2 Å². The molecule has 7 rings (SSSR count). The maximum absolute atomic E-state index is 13.4. The zero-order chi connectivity index (χ0) is 25.1. The molecule has 4 aromatic heterocycles. The molecule has 0 radical (unpaired) electrons. The lowest BCUT2D eigenvalue weighted by molar-refractivity contribution is 0.555. The number of aromatic amines is 2. The predicted octanol–water partition coefficient (Wildman–Crippen LogP) is 3.50. The number of hydrogen-bond donors (Lipinski definition) is 2. The Kier molecular flexibility index (Phi) is 4.73. The van der Waals surface area contributed by atoms with Crippen molar-refractivity contribution in [2.24, 2.45) is 0 Å². The lowest BCUT2D eigenvalue weighted by Gasteiger charge is -2.15. The van der Waals surface area contributed by atoms with Crippen LogP contribution in [0.1, 0.15) is 24.0 Å². The first-order chi connectivity index (χ1) is 18.0. The van der Waals surface area contributed by atoms with Crippen LogP contribution in [0.2, 0.25) is 5.02 Å². The van der Waals surface area contributed by atoms with Gasteiger partial charge >= 0.3 is 5.76 Å². The minimum atomic E-state index is -0.499. The Bertz CT molecular complexity index is 1910. The van der Waals surface area contributed by atoms with E-state index < -0.39 is 5.76 Å². The van der Waals surface area contributed by atoms with Crippen LogP contribution in [0.4, 0.5) is 0 Å². The summed E-state index contributed by atoms with van der Waals surface area (Å²) in [5, 5.41) is 12.0. The number of pyridine rings is 1. The molecule has 0 spiro atoms. The van der Waals surface area contributed by atoms with E-state index in [0.29, 0.717) is 28.4 Å². The Balaban J connectivity index is 1.26. The second-order valence-electron chi connectivity index (χ2n) is 8.82. The highest BCUT2D eigenvalue weighted by molar-refractivity contribution is 6.31. The number of imidazole rings is 1. The summed E-state index contributed by atoms with van der Waals surface area (Å²) in [6.07, 6.45) is 4.67. The lowest BCUT2D eigenvalue weighted by atomic mass is 10.0. The van der Waals surface area contributed by atoms with Crippen LogP contribution in [0.3, 0.4) is 0 Å². The molecule has 1 atom stereocenters. The number of halogens is 1. The summed E-state index contributed by atoms with van der Waals surface area (Å²) in [4.78, 5) is 35.4. The van der Waals surface area contributed by atoms with E-state index in [2.05, 4.69) is 30.5 Å². The third-order valence-corrected chi connectivity index (χ3v) is 6.88. The number of aromatic nitrogens is 8. The molecule has 0 saturated carbocycles. The maximum Gasteiger partial charge on any atom is 0.417 e. The fraction of sp³-hybridized carbons (Fsp3) is 0.120. The lowest BCUT2D eigenvalue weighted by Crippen LogP contribution is -2.23. The van der Waals surface area contributed by atoms with E-state index in [4.69, 9.17) is 16.0 Å². The van der Waals surface area contributed by atoms with Gasteiger partial charge in [-0.25, -0.2) is 9.78 Å². The Labute approximate surface area is 212 Å². The molecule has 2 aromatic carbocycles. The molecule has 1 aliphatic rings. The van der Waals surface area contributed by atoms with Crippen LogP contribution in [-0.4, -0.2) is 39.7 Å². The Morgan fingerprint density at radius 1 is 1.03 bits per heavy atom. The van der Waals surface area contributed by atoms with Crippen LogP contribution in [0, 0.1) is 0 Å². The second kappa shape index (κ2) is 8.14. The molecule has 12 heteroatoms. The molecule has 0 bridgehead atoms. The molecule has 0 fully saturated rings. The van der Waals surface area contributed by atoms with E-state index in [9.17, 15) is 9.59 Å². The predicted molar refractivity (Wildman–Crippen MR) is 135 cm³/mol.